The topological polar surface area (TPSA) is 119 Å². The second-order valence-electron chi connectivity index (χ2n) is 8.57. The molecule has 1 aliphatic rings. The molecule has 0 amide bonds. The van der Waals surface area contributed by atoms with Gasteiger partial charge in [-0.1, -0.05) is 19.9 Å². The molecule has 2 aromatic rings. The zero-order valence-electron chi connectivity index (χ0n) is 18.8. The van der Waals surface area contributed by atoms with Crippen molar-refractivity contribution in [2.75, 3.05) is 19.0 Å². The monoisotopic (exact) mass is 483 g/mol. The van der Waals surface area contributed by atoms with Crippen LogP contribution in [0.15, 0.2) is 40.1 Å². The Labute approximate surface area is 192 Å². The minimum Gasteiger partial charge on any atom is -0.490 e. The van der Waals surface area contributed by atoms with Crippen molar-refractivity contribution in [1.29, 1.82) is 0 Å². The Balaban J connectivity index is 1.54. The molecule has 1 fully saturated rings. The maximum absolute atomic E-state index is 14.1. The Bertz CT molecular complexity index is 1160. The number of halogens is 1. The van der Waals surface area contributed by atoms with E-state index in [0.717, 1.165) is 12.8 Å². The normalized spacial score (nSPS) is 15.0. The molecule has 1 atom stereocenters. The van der Waals surface area contributed by atoms with Crippen LogP contribution in [0.5, 0.6) is 5.75 Å². The maximum Gasteiger partial charge on any atom is 0.330 e. The molecule has 1 aromatic heterocycles. The number of nitrogens with zero attached hydrogens (tertiary/aromatic N) is 1. The average molecular weight is 484 g/mol. The van der Waals surface area contributed by atoms with Gasteiger partial charge in [0.25, 0.3) is 5.56 Å². The highest BCUT2D eigenvalue weighted by Crippen LogP contribution is 2.32. The number of hydrogen-bond acceptors (Lipinski definition) is 6. The quantitative estimate of drug-likeness (QED) is 0.421. The van der Waals surface area contributed by atoms with Crippen molar-refractivity contribution in [1.82, 2.24) is 14.3 Å². The molecule has 11 heteroatoms. The summed E-state index contributed by atoms with van der Waals surface area (Å²) in [6.07, 6.45) is 3.68. The van der Waals surface area contributed by atoms with Gasteiger partial charge in [0, 0.05) is 24.9 Å². The van der Waals surface area contributed by atoms with Gasteiger partial charge in [0.1, 0.15) is 6.73 Å². The molecule has 0 saturated heterocycles. The van der Waals surface area contributed by atoms with Gasteiger partial charge in [-0.05, 0) is 48.8 Å². The summed E-state index contributed by atoms with van der Waals surface area (Å²) in [5.74, 6) is -0.121. The number of hydrogen-bond donors (Lipinski definition) is 2. The highest BCUT2D eigenvalue weighted by Gasteiger charge is 2.25. The SMILES string of the molecule is CC(C)[C@@H](NS(=O)(=O)CCCOCn1ccc(=O)[nH]c1=O)c1ccc(F)c(OCC2CC2)c1. The standard InChI is InChI=1S/C22H30FN3O6S/c1-15(2)21(17-6-7-18(23)19(12-17)32-13-16-4-5-16)25-33(29,30)11-3-10-31-14-26-9-8-20(27)24-22(26)28/h6-9,12,15-16,21,25H,3-5,10-11,13-14H2,1-2H3,(H,24,27,28)/t21-/m1/s1. The maximum atomic E-state index is 14.1. The Morgan fingerprint density at radius 3 is 2.67 bits per heavy atom. The average Bonchev–Trinajstić information content (AvgIpc) is 3.57. The highest BCUT2D eigenvalue weighted by atomic mass is 32.2. The summed E-state index contributed by atoms with van der Waals surface area (Å²) in [6, 6.07) is 5.09. The molecule has 0 spiro atoms. The summed E-state index contributed by atoms with van der Waals surface area (Å²) >= 11 is 0. The molecular formula is C22H30FN3O6S. The molecule has 1 heterocycles. The van der Waals surface area contributed by atoms with Crippen LogP contribution in [-0.4, -0.2) is 36.9 Å². The van der Waals surface area contributed by atoms with E-state index >= 15 is 0 Å². The summed E-state index contributed by atoms with van der Waals surface area (Å²) in [5.41, 5.74) is -0.471. The van der Waals surface area contributed by atoms with Crippen molar-refractivity contribution in [3.05, 3.63) is 62.7 Å². The lowest BCUT2D eigenvalue weighted by Gasteiger charge is -2.23. The number of aromatic nitrogens is 2. The van der Waals surface area contributed by atoms with Gasteiger partial charge < -0.3 is 9.47 Å². The van der Waals surface area contributed by atoms with Crippen LogP contribution in [0.4, 0.5) is 4.39 Å². The molecule has 0 bridgehead atoms. The van der Waals surface area contributed by atoms with Crippen molar-refractivity contribution in [3.8, 4) is 5.75 Å². The van der Waals surface area contributed by atoms with Crippen LogP contribution in [0.25, 0.3) is 0 Å². The summed E-state index contributed by atoms with van der Waals surface area (Å²) < 4.78 is 54.2. The van der Waals surface area contributed by atoms with Gasteiger partial charge in [0.15, 0.2) is 11.6 Å². The molecule has 33 heavy (non-hydrogen) atoms. The summed E-state index contributed by atoms with van der Waals surface area (Å²) in [7, 11) is -3.65. The third-order valence-electron chi connectivity index (χ3n) is 5.29. The third-order valence-corrected chi connectivity index (χ3v) is 6.73. The van der Waals surface area contributed by atoms with Gasteiger partial charge in [-0.2, -0.15) is 0 Å². The van der Waals surface area contributed by atoms with E-state index in [1.807, 2.05) is 13.8 Å². The lowest BCUT2D eigenvalue weighted by molar-refractivity contribution is 0.0744. The van der Waals surface area contributed by atoms with E-state index in [-0.39, 0.29) is 37.2 Å². The lowest BCUT2D eigenvalue weighted by Crippen LogP contribution is -2.34. The summed E-state index contributed by atoms with van der Waals surface area (Å²) in [6.45, 7) is 4.23. The van der Waals surface area contributed by atoms with E-state index < -0.39 is 33.1 Å². The number of sulfonamides is 1. The van der Waals surface area contributed by atoms with Crippen molar-refractivity contribution in [3.63, 3.8) is 0 Å². The number of ether oxygens (including phenoxy) is 2. The molecule has 1 aromatic carbocycles. The fourth-order valence-corrected chi connectivity index (χ4v) is 4.63. The van der Waals surface area contributed by atoms with Gasteiger partial charge in [-0.3, -0.25) is 14.3 Å². The first-order valence-corrected chi connectivity index (χ1v) is 12.6. The second-order valence-corrected chi connectivity index (χ2v) is 10.4. The Morgan fingerprint density at radius 2 is 2.00 bits per heavy atom. The molecule has 0 unspecified atom stereocenters. The van der Waals surface area contributed by atoms with Crippen LogP contribution >= 0.6 is 0 Å². The Hall–Kier alpha value is -2.50. The van der Waals surface area contributed by atoms with E-state index in [9.17, 15) is 22.4 Å². The number of H-pyrrole nitrogens is 1. The predicted molar refractivity (Wildman–Crippen MR) is 121 cm³/mol. The van der Waals surface area contributed by atoms with Crippen LogP contribution in [0.2, 0.25) is 0 Å². The molecule has 1 aliphatic carbocycles. The zero-order chi connectivity index (χ0) is 24.0. The van der Waals surface area contributed by atoms with Crippen molar-refractivity contribution in [2.24, 2.45) is 11.8 Å². The van der Waals surface area contributed by atoms with Crippen LogP contribution in [-0.2, 0) is 21.5 Å². The van der Waals surface area contributed by atoms with Gasteiger partial charge >= 0.3 is 5.69 Å². The molecule has 2 N–H and O–H groups in total. The van der Waals surface area contributed by atoms with Crippen LogP contribution in [0, 0.1) is 17.7 Å². The largest absolute Gasteiger partial charge is 0.490 e. The van der Waals surface area contributed by atoms with E-state index in [1.165, 1.54) is 22.9 Å². The number of nitrogens with one attached hydrogen (secondary N) is 2. The minimum absolute atomic E-state index is 0.0788. The molecule has 9 nitrogen and oxygen atoms in total. The fourth-order valence-electron chi connectivity index (χ4n) is 3.22. The van der Waals surface area contributed by atoms with Gasteiger partial charge in [-0.25, -0.2) is 22.3 Å². The first-order valence-electron chi connectivity index (χ1n) is 10.9. The minimum atomic E-state index is -3.65. The smallest absolute Gasteiger partial charge is 0.330 e. The van der Waals surface area contributed by atoms with Crippen LogP contribution < -0.4 is 20.7 Å². The number of rotatable bonds is 13. The molecule has 3 rings (SSSR count). The predicted octanol–water partition coefficient (Wildman–Crippen LogP) is 2.15. The molecule has 1 saturated carbocycles. The first-order chi connectivity index (χ1) is 15.6. The number of aromatic amines is 1. The van der Waals surface area contributed by atoms with E-state index in [1.54, 1.807) is 12.1 Å². The van der Waals surface area contributed by atoms with Gasteiger partial charge in [0.05, 0.1) is 12.4 Å². The first kappa shape index (κ1) is 25.1. The Kier molecular flexibility index (Phi) is 8.44. The molecular weight excluding hydrogens is 453 g/mol. The fraction of sp³-hybridized carbons (Fsp3) is 0.545. The van der Waals surface area contributed by atoms with Gasteiger partial charge in [-0.15, -0.1) is 0 Å². The van der Waals surface area contributed by atoms with Crippen molar-refractivity contribution < 1.29 is 22.3 Å². The molecule has 0 aliphatic heterocycles. The van der Waals surface area contributed by atoms with E-state index in [2.05, 4.69) is 9.71 Å². The Morgan fingerprint density at radius 1 is 1.24 bits per heavy atom. The van der Waals surface area contributed by atoms with Crippen molar-refractivity contribution in [2.45, 2.75) is 45.9 Å². The van der Waals surface area contributed by atoms with Crippen LogP contribution in [0.1, 0.15) is 44.7 Å². The van der Waals surface area contributed by atoms with E-state index in [0.29, 0.717) is 18.1 Å². The summed E-state index contributed by atoms with van der Waals surface area (Å²) in [5, 5.41) is 0. The molecule has 182 valence electrons. The summed E-state index contributed by atoms with van der Waals surface area (Å²) in [4.78, 5) is 24.8. The number of benzene rings is 1. The zero-order valence-corrected chi connectivity index (χ0v) is 19.6. The third kappa shape index (κ3) is 7.79. The second kappa shape index (κ2) is 11.1. The molecule has 0 radical (unpaired) electrons. The van der Waals surface area contributed by atoms with Crippen molar-refractivity contribution >= 4 is 10.0 Å². The van der Waals surface area contributed by atoms with Gasteiger partial charge in [0.2, 0.25) is 10.0 Å². The van der Waals surface area contributed by atoms with Crippen LogP contribution in [0.3, 0.4) is 0 Å². The van der Waals surface area contributed by atoms with E-state index in [4.69, 9.17) is 9.47 Å². The lowest BCUT2D eigenvalue weighted by atomic mass is 9.97. The highest BCUT2D eigenvalue weighted by molar-refractivity contribution is 7.89.